The number of rotatable bonds is 9. The van der Waals surface area contributed by atoms with Gasteiger partial charge in [0.1, 0.15) is 18.2 Å². The number of hydrogen-bond acceptors (Lipinski definition) is 4. The summed E-state index contributed by atoms with van der Waals surface area (Å²) in [5, 5.41) is 0. The summed E-state index contributed by atoms with van der Waals surface area (Å²) in [4.78, 5) is 19.0. The number of benzene rings is 2. The van der Waals surface area contributed by atoms with Gasteiger partial charge in [-0.1, -0.05) is 36.4 Å². The van der Waals surface area contributed by atoms with Crippen LogP contribution in [0.1, 0.15) is 21.9 Å². The molecule has 158 valence electrons. The third kappa shape index (κ3) is 4.53. The second kappa shape index (κ2) is 9.34. The van der Waals surface area contributed by atoms with Gasteiger partial charge < -0.3 is 18.6 Å². The second-order valence-electron chi connectivity index (χ2n) is 7.26. The van der Waals surface area contributed by atoms with Gasteiger partial charge in [0, 0.05) is 7.05 Å². The van der Waals surface area contributed by atoms with E-state index in [4.69, 9.17) is 14.1 Å². The van der Waals surface area contributed by atoms with Crippen LogP contribution in [0.3, 0.4) is 0 Å². The quantitative estimate of drug-likeness (QED) is 0.372. The van der Waals surface area contributed by atoms with Crippen LogP contribution in [0.25, 0.3) is 11.0 Å². The number of hydrogen-bond donors (Lipinski definition) is 0. The fourth-order valence-corrected chi connectivity index (χ4v) is 3.58. The van der Waals surface area contributed by atoms with E-state index in [2.05, 4.69) is 11.1 Å². The van der Waals surface area contributed by atoms with Crippen LogP contribution < -0.4 is 4.74 Å². The van der Waals surface area contributed by atoms with Gasteiger partial charge >= 0.3 is 0 Å². The number of ether oxygens (including phenoxy) is 1. The van der Waals surface area contributed by atoms with Crippen LogP contribution >= 0.6 is 0 Å². The highest BCUT2D eigenvalue weighted by Gasteiger charge is 2.18. The molecule has 0 N–H and O–H groups in total. The molecule has 0 aliphatic carbocycles. The van der Waals surface area contributed by atoms with Crippen LogP contribution in [0, 0.1) is 0 Å². The van der Waals surface area contributed by atoms with Crippen molar-refractivity contribution in [2.24, 2.45) is 0 Å². The third-order valence-corrected chi connectivity index (χ3v) is 5.10. The number of carbonyl (C=O) groups excluding carboxylic acids is 1. The number of amides is 1. The maximum Gasteiger partial charge on any atom is 0.289 e. The summed E-state index contributed by atoms with van der Waals surface area (Å²) >= 11 is 0. The van der Waals surface area contributed by atoms with Crippen molar-refractivity contribution >= 4 is 16.9 Å². The van der Waals surface area contributed by atoms with Crippen molar-refractivity contribution in [1.82, 2.24) is 14.5 Å². The summed E-state index contributed by atoms with van der Waals surface area (Å²) < 4.78 is 13.4. The molecule has 31 heavy (non-hydrogen) atoms. The molecule has 0 bridgehead atoms. The molecule has 2 aromatic heterocycles. The van der Waals surface area contributed by atoms with Crippen LogP contribution in [0.5, 0.6) is 5.75 Å². The molecule has 0 saturated heterocycles. The van der Waals surface area contributed by atoms with E-state index < -0.39 is 0 Å². The first-order chi connectivity index (χ1) is 15.2. The lowest BCUT2D eigenvalue weighted by Crippen LogP contribution is -2.27. The predicted octanol–water partition coefficient (Wildman–Crippen LogP) is 4.71. The fraction of sp³-hybridized carbons (Fsp3) is 0.200. The minimum absolute atomic E-state index is 0.182. The number of fused-ring (bicyclic) bond motifs is 1. The molecule has 0 fully saturated rings. The molecule has 0 aliphatic rings. The lowest BCUT2D eigenvalue weighted by atomic mass is 10.1. The van der Waals surface area contributed by atoms with Gasteiger partial charge in [-0.2, -0.15) is 0 Å². The largest absolute Gasteiger partial charge is 0.491 e. The first-order valence-electron chi connectivity index (χ1n) is 10.2. The Kier molecular flexibility index (Phi) is 6.17. The van der Waals surface area contributed by atoms with Gasteiger partial charge in [0.25, 0.3) is 5.91 Å². The number of carbonyl (C=O) groups is 1. The van der Waals surface area contributed by atoms with Crippen molar-refractivity contribution < 1.29 is 13.9 Å². The molecule has 4 rings (SSSR count). The van der Waals surface area contributed by atoms with Gasteiger partial charge in [0.2, 0.25) is 0 Å². The topological polar surface area (TPSA) is 60.5 Å². The summed E-state index contributed by atoms with van der Waals surface area (Å²) in [6.45, 7) is 5.28. The lowest BCUT2D eigenvalue weighted by Gasteiger charge is -2.17. The zero-order valence-corrected chi connectivity index (χ0v) is 17.5. The van der Waals surface area contributed by atoms with E-state index in [0.29, 0.717) is 25.5 Å². The maximum atomic E-state index is 12.6. The first-order valence-corrected chi connectivity index (χ1v) is 10.2. The van der Waals surface area contributed by atoms with Gasteiger partial charge in [-0.25, -0.2) is 4.98 Å². The molecule has 0 aliphatic heterocycles. The molecule has 6 nitrogen and oxygen atoms in total. The van der Waals surface area contributed by atoms with E-state index >= 15 is 0 Å². The van der Waals surface area contributed by atoms with Gasteiger partial charge in [0.05, 0.1) is 30.4 Å². The summed E-state index contributed by atoms with van der Waals surface area (Å²) in [6, 6.07) is 19.3. The number of furan rings is 1. The molecular weight excluding hydrogens is 390 g/mol. The zero-order valence-electron chi connectivity index (χ0n) is 17.5. The maximum absolute atomic E-state index is 12.6. The third-order valence-electron chi connectivity index (χ3n) is 5.10. The van der Waals surface area contributed by atoms with Crippen molar-refractivity contribution in [2.45, 2.75) is 19.5 Å². The second-order valence-corrected chi connectivity index (χ2v) is 7.26. The average molecular weight is 415 g/mol. The van der Waals surface area contributed by atoms with Crippen molar-refractivity contribution in [2.75, 3.05) is 13.7 Å². The Morgan fingerprint density at radius 1 is 1.16 bits per heavy atom. The van der Waals surface area contributed by atoms with Crippen LogP contribution in [-0.4, -0.2) is 34.0 Å². The Hall–Kier alpha value is -3.80. The summed E-state index contributed by atoms with van der Waals surface area (Å²) in [7, 11) is 1.75. The molecular formula is C25H25N3O3. The Bertz CT molecular complexity index is 1180. The van der Waals surface area contributed by atoms with E-state index in [1.807, 2.05) is 54.6 Å². The Labute approximate surface area is 181 Å². The molecule has 0 saturated carbocycles. The van der Waals surface area contributed by atoms with Crippen LogP contribution in [0.15, 0.2) is 84.0 Å². The van der Waals surface area contributed by atoms with E-state index in [-0.39, 0.29) is 5.91 Å². The summed E-state index contributed by atoms with van der Waals surface area (Å²) in [5.41, 5.74) is 3.01. The molecule has 2 aromatic carbocycles. The predicted molar refractivity (Wildman–Crippen MR) is 120 cm³/mol. The number of allylic oxidation sites excluding steroid dienone is 1. The molecule has 6 heteroatoms. The highest BCUT2D eigenvalue weighted by atomic mass is 16.5. The molecule has 0 unspecified atom stereocenters. The van der Waals surface area contributed by atoms with Crippen LogP contribution in [0.2, 0.25) is 0 Å². The summed E-state index contributed by atoms with van der Waals surface area (Å²) in [6.07, 6.45) is 4.13. The number of nitrogens with zero attached hydrogens (tertiary/aromatic N) is 3. The van der Waals surface area contributed by atoms with Gasteiger partial charge in [-0.05, 0) is 42.3 Å². The highest BCUT2D eigenvalue weighted by Crippen LogP contribution is 2.21. The smallest absolute Gasteiger partial charge is 0.289 e. The van der Waals surface area contributed by atoms with Crippen molar-refractivity contribution in [1.29, 1.82) is 0 Å². The van der Waals surface area contributed by atoms with E-state index in [1.165, 1.54) is 6.26 Å². The van der Waals surface area contributed by atoms with Crippen molar-refractivity contribution in [3.8, 4) is 5.75 Å². The number of imidazole rings is 1. The number of para-hydroxylation sites is 3. The molecule has 0 radical (unpaired) electrons. The minimum atomic E-state index is -0.182. The standard InChI is InChI=1S/C25H25N3O3/c1-3-9-19-10-4-7-13-22(19)31-17-15-28-21-12-6-5-11-20(21)26-24(28)18-27(2)25(29)23-14-8-16-30-23/h3-8,10-14,16H,1,9,15,17-18H2,2H3. The van der Waals surface area contributed by atoms with Crippen molar-refractivity contribution in [3.63, 3.8) is 0 Å². The first kappa shape index (κ1) is 20.5. The van der Waals surface area contributed by atoms with Crippen molar-refractivity contribution in [3.05, 3.63) is 96.7 Å². The fourth-order valence-electron chi connectivity index (χ4n) is 3.58. The SMILES string of the molecule is C=CCc1ccccc1OCCn1c(CN(C)C(=O)c2ccco2)nc2ccccc21. The monoisotopic (exact) mass is 415 g/mol. The zero-order chi connectivity index (χ0) is 21.6. The molecule has 0 spiro atoms. The average Bonchev–Trinajstić information content (AvgIpc) is 3.43. The van der Waals surface area contributed by atoms with Gasteiger partial charge in [-0.15, -0.1) is 6.58 Å². The van der Waals surface area contributed by atoms with Crippen LogP contribution in [0.4, 0.5) is 0 Å². The van der Waals surface area contributed by atoms with E-state index in [9.17, 15) is 4.79 Å². The van der Waals surface area contributed by atoms with E-state index in [1.54, 1.807) is 24.1 Å². The highest BCUT2D eigenvalue weighted by molar-refractivity contribution is 5.91. The minimum Gasteiger partial charge on any atom is -0.491 e. The Morgan fingerprint density at radius 3 is 2.77 bits per heavy atom. The molecule has 1 amide bonds. The molecule has 2 heterocycles. The van der Waals surface area contributed by atoms with Gasteiger partial charge in [-0.3, -0.25) is 4.79 Å². The van der Waals surface area contributed by atoms with Gasteiger partial charge in [0.15, 0.2) is 5.76 Å². The molecule has 4 aromatic rings. The normalized spacial score (nSPS) is 10.9. The number of aromatic nitrogens is 2. The Morgan fingerprint density at radius 2 is 1.97 bits per heavy atom. The summed E-state index contributed by atoms with van der Waals surface area (Å²) in [5.74, 6) is 1.79. The van der Waals surface area contributed by atoms with E-state index in [0.717, 1.165) is 34.6 Å². The lowest BCUT2D eigenvalue weighted by molar-refractivity contribution is 0.0748. The Balaban J connectivity index is 1.53. The van der Waals surface area contributed by atoms with Crippen LogP contribution in [-0.2, 0) is 19.5 Å². The molecule has 0 atom stereocenters.